The van der Waals surface area contributed by atoms with Crippen LogP contribution in [0.15, 0.2) is 58.6 Å². The van der Waals surface area contributed by atoms with Gasteiger partial charge in [0.05, 0.1) is 15.7 Å². The van der Waals surface area contributed by atoms with Crippen LogP contribution in [-0.4, -0.2) is 32.5 Å². The van der Waals surface area contributed by atoms with Crippen LogP contribution >= 0.6 is 11.3 Å². The van der Waals surface area contributed by atoms with Gasteiger partial charge in [0, 0.05) is 17.7 Å². The van der Waals surface area contributed by atoms with E-state index in [0.717, 1.165) is 28.6 Å². The molecule has 6 nitrogen and oxygen atoms in total. The fourth-order valence-electron chi connectivity index (χ4n) is 3.50. The lowest BCUT2D eigenvalue weighted by Gasteiger charge is -2.21. The average molecular weight is 376 g/mol. The minimum Gasteiger partial charge on any atom is -0.337 e. The van der Waals surface area contributed by atoms with Crippen LogP contribution in [0.2, 0.25) is 0 Å². The number of likely N-dealkylation sites (tertiary alicyclic amines) is 1. The molecule has 4 aromatic rings. The summed E-state index contributed by atoms with van der Waals surface area (Å²) in [5.74, 6) is 1.02. The summed E-state index contributed by atoms with van der Waals surface area (Å²) in [6.07, 6.45) is 1.74. The number of amides is 1. The molecule has 2 aromatic heterocycles. The molecule has 2 aromatic carbocycles. The first-order valence-electron chi connectivity index (χ1n) is 8.83. The second kappa shape index (κ2) is 6.59. The molecule has 0 radical (unpaired) electrons. The third-order valence-electron chi connectivity index (χ3n) is 4.85. The number of hydrogen-bond donors (Lipinski definition) is 0. The van der Waals surface area contributed by atoms with Gasteiger partial charge >= 0.3 is 0 Å². The Balaban J connectivity index is 1.43. The van der Waals surface area contributed by atoms with Gasteiger partial charge in [-0.05, 0) is 31.0 Å². The zero-order chi connectivity index (χ0) is 18.2. The predicted octanol–water partition coefficient (Wildman–Crippen LogP) is 4.32. The molecule has 1 fully saturated rings. The van der Waals surface area contributed by atoms with E-state index in [1.54, 1.807) is 16.8 Å². The van der Waals surface area contributed by atoms with Crippen molar-refractivity contribution in [2.75, 3.05) is 6.54 Å². The molecule has 0 N–H and O–H groups in total. The Morgan fingerprint density at radius 3 is 2.96 bits per heavy atom. The van der Waals surface area contributed by atoms with E-state index in [2.05, 4.69) is 15.1 Å². The van der Waals surface area contributed by atoms with E-state index in [0.29, 0.717) is 23.8 Å². The molecule has 1 saturated heterocycles. The van der Waals surface area contributed by atoms with Gasteiger partial charge in [-0.3, -0.25) is 4.79 Å². The van der Waals surface area contributed by atoms with Crippen LogP contribution in [0.1, 0.15) is 35.1 Å². The minimum absolute atomic E-state index is 0.0214. The lowest BCUT2D eigenvalue weighted by molar-refractivity contribution is 0.0710. The average Bonchev–Trinajstić information content (AvgIpc) is 3.47. The van der Waals surface area contributed by atoms with E-state index in [-0.39, 0.29) is 11.9 Å². The van der Waals surface area contributed by atoms with E-state index >= 15 is 0 Å². The number of benzene rings is 2. The fraction of sp³-hybridized carbons (Fsp3) is 0.200. The highest BCUT2D eigenvalue weighted by molar-refractivity contribution is 7.16. The number of nitrogens with zero attached hydrogens (tertiary/aromatic N) is 4. The standard InChI is InChI=1S/C20H16N4O2S/c25-20(14-8-9-17-15(11-14)21-12-27-17)24-10-4-7-16(24)19-22-18(23-26-19)13-5-2-1-3-6-13/h1-3,5-6,8-9,11-12,16H,4,7,10H2/t16-/m0/s1. The highest BCUT2D eigenvalue weighted by atomic mass is 32.1. The molecule has 1 atom stereocenters. The summed E-state index contributed by atoms with van der Waals surface area (Å²) >= 11 is 1.57. The van der Waals surface area contributed by atoms with Crippen molar-refractivity contribution in [1.29, 1.82) is 0 Å². The summed E-state index contributed by atoms with van der Waals surface area (Å²) < 4.78 is 6.59. The van der Waals surface area contributed by atoms with Crippen LogP contribution in [0.5, 0.6) is 0 Å². The highest BCUT2D eigenvalue weighted by Gasteiger charge is 2.34. The first kappa shape index (κ1) is 16.1. The topological polar surface area (TPSA) is 72.1 Å². The molecule has 134 valence electrons. The molecule has 0 bridgehead atoms. The number of fused-ring (bicyclic) bond motifs is 1. The van der Waals surface area contributed by atoms with Gasteiger partial charge < -0.3 is 9.42 Å². The summed E-state index contributed by atoms with van der Waals surface area (Å²) in [6.45, 7) is 0.682. The van der Waals surface area contributed by atoms with Crippen LogP contribution in [0.3, 0.4) is 0 Å². The minimum atomic E-state index is -0.186. The number of rotatable bonds is 3. The first-order valence-corrected chi connectivity index (χ1v) is 9.71. The van der Waals surface area contributed by atoms with Gasteiger partial charge in [0.1, 0.15) is 6.04 Å². The predicted molar refractivity (Wildman–Crippen MR) is 102 cm³/mol. The SMILES string of the molecule is O=C(c1ccc2scnc2c1)N1CCC[C@H]1c1nc(-c2ccccc2)no1. The van der Waals surface area contributed by atoms with Crippen LogP contribution < -0.4 is 0 Å². The molecule has 5 rings (SSSR count). The summed E-state index contributed by atoms with van der Waals surface area (Å²) in [5.41, 5.74) is 4.19. The molecule has 0 aliphatic carbocycles. The van der Waals surface area contributed by atoms with Crippen molar-refractivity contribution in [2.24, 2.45) is 0 Å². The van der Waals surface area contributed by atoms with Crippen LogP contribution in [-0.2, 0) is 0 Å². The molecule has 27 heavy (non-hydrogen) atoms. The third kappa shape index (κ3) is 2.90. The summed E-state index contributed by atoms with van der Waals surface area (Å²) in [5, 5.41) is 4.10. The summed E-state index contributed by atoms with van der Waals surface area (Å²) in [4.78, 5) is 23.8. The molecule has 0 saturated carbocycles. The molecule has 0 unspecified atom stereocenters. The highest BCUT2D eigenvalue weighted by Crippen LogP contribution is 2.33. The number of thiazole rings is 1. The third-order valence-corrected chi connectivity index (χ3v) is 5.66. The second-order valence-corrected chi connectivity index (χ2v) is 7.40. The Morgan fingerprint density at radius 2 is 2.07 bits per heavy atom. The largest absolute Gasteiger partial charge is 0.337 e. The van der Waals surface area contributed by atoms with Gasteiger partial charge in [0.15, 0.2) is 0 Å². The van der Waals surface area contributed by atoms with Crippen molar-refractivity contribution in [3.63, 3.8) is 0 Å². The van der Waals surface area contributed by atoms with Crippen LogP contribution in [0, 0.1) is 0 Å². The fourth-order valence-corrected chi connectivity index (χ4v) is 4.16. The van der Waals surface area contributed by atoms with E-state index in [4.69, 9.17) is 4.52 Å². The Bertz CT molecular complexity index is 1110. The molecule has 3 heterocycles. The van der Waals surface area contributed by atoms with Gasteiger partial charge in [-0.1, -0.05) is 35.5 Å². The Morgan fingerprint density at radius 1 is 1.19 bits per heavy atom. The molecular weight excluding hydrogens is 360 g/mol. The maximum Gasteiger partial charge on any atom is 0.254 e. The Labute approximate surface area is 159 Å². The molecule has 1 aliphatic rings. The molecule has 1 amide bonds. The van der Waals surface area contributed by atoms with E-state index in [1.165, 1.54) is 0 Å². The monoisotopic (exact) mass is 376 g/mol. The summed E-state index contributed by atoms with van der Waals surface area (Å²) in [6, 6.07) is 15.2. The Kier molecular flexibility index (Phi) is 3.94. The molecular formula is C20H16N4O2S. The van der Waals surface area contributed by atoms with E-state index in [9.17, 15) is 4.79 Å². The van der Waals surface area contributed by atoms with Gasteiger partial charge in [-0.15, -0.1) is 11.3 Å². The maximum atomic E-state index is 13.1. The van der Waals surface area contributed by atoms with Gasteiger partial charge in [-0.25, -0.2) is 4.98 Å². The van der Waals surface area contributed by atoms with Crippen molar-refractivity contribution >= 4 is 27.5 Å². The summed E-state index contributed by atoms with van der Waals surface area (Å²) in [7, 11) is 0. The van der Waals surface area contributed by atoms with Crippen molar-refractivity contribution in [2.45, 2.75) is 18.9 Å². The maximum absolute atomic E-state index is 13.1. The van der Waals surface area contributed by atoms with Crippen molar-refractivity contribution in [3.05, 3.63) is 65.5 Å². The molecule has 0 spiro atoms. The number of aromatic nitrogens is 3. The lowest BCUT2D eigenvalue weighted by Crippen LogP contribution is -2.30. The first-order chi connectivity index (χ1) is 13.3. The zero-order valence-electron chi connectivity index (χ0n) is 14.4. The van der Waals surface area contributed by atoms with Gasteiger partial charge in [-0.2, -0.15) is 4.98 Å². The van der Waals surface area contributed by atoms with E-state index < -0.39 is 0 Å². The lowest BCUT2D eigenvalue weighted by atomic mass is 10.1. The second-order valence-electron chi connectivity index (χ2n) is 6.51. The molecule has 1 aliphatic heterocycles. The zero-order valence-corrected chi connectivity index (χ0v) is 15.2. The van der Waals surface area contributed by atoms with E-state index in [1.807, 2.05) is 53.4 Å². The smallest absolute Gasteiger partial charge is 0.254 e. The normalized spacial score (nSPS) is 16.9. The van der Waals surface area contributed by atoms with Crippen LogP contribution in [0.25, 0.3) is 21.6 Å². The van der Waals surface area contributed by atoms with Crippen LogP contribution in [0.4, 0.5) is 0 Å². The number of hydrogen-bond acceptors (Lipinski definition) is 6. The number of carbonyl (C=O) groups excluding carboxylic acids is 1. The van der Waals surface area contributed by atoms with Gasteiger partial charge in [0.25, 0.3) is 5.91 Å². The quantitative estimate of drug-likeness (QED) is 0.532. The van der Waals surface area contributed by atoms with Crippen molar-refractivity contribution in [1.82, 2.24) is 20.0 Å². The number of carbonyl (C=O) groups is 1. The van der Waals surface area contributed by atoms with Gasteiger partial charge in [0.2, 0.25) is 11.7 Å². The van der Waals surface area contributed by atoms with Crippen molar-refractivity contribution < 1.29 is 9.32 Å². The Hall–Kier alpha value is -3.06. The van der Waals surface area contributed by atoms with Crippen molar-refractivity contribution in [3.8, 4) is 11.4 Å². The molecule has 7 heteroatoms.